The highest BCUT2D eigenvalue weighted by Crippen LogP contribution is 2.28. The number of aliphatic hydroxyl groups excluding tert-OH is 1. The Hall–Kier alpha value is -2.21. The molecule has 5 nitrogen and oxygen atoms in total. The molecular weight excluding hydrogens is 309 g/mol. The summed E-state index contributed by atoms with van der Waals surface area (Å²) >= 11 is 0. The average molecular weight is 331 g/mol. The van der Waals surface area contributed by atoms with E-state index in [1.165, 1.54) is 37.1 Å². The van der Waals surface area contributed by atoms with Crippen LogP contribution in [-0.4, -0.2) is 26.8 Å². The van der Waals surface area contributed by atoms with E-state index in [1.54, 1.807) is 13.0 Å². The van der Waals surface area contributed by atoms with Crippen LogP contribution in [0.3, 0.4) is 0 Å². The number of hydrogen-bond acceptors (Lipinski definition) is 3. The Labute approximate surface area is 140 Å². The van der Waals surface area contributed by atoms with Crippen LogP contribution in [0.2, 0.25) is 0 Å². The molecule has 0 radical (unpaired) electrons. The van der Waals surface area contributed by atoms with Gasteiger partial charge in [-0.15, -0.1) is 0 Å². The van der Waals surface area contributed by atoms with Crippen molar-refractivity contribution in [3.8, 4) is 0 Å². The zero-order valence-corrected chi connectivity index (χ0v) is 13.7. The molecule has 0 aliphatic heterocycles. The monoisotopic (exact) mass is 331 g/mol. The van der Waals surface area contributed by atoms with Gasteiger partial charge < -0.3 is 10.4 Å². The van der Waals surface area contributed by atoms with Crippen molar-refractivity contribution in [1.82, 2.24) is 15.1 Å². The van der Waals surface area contributed by atoms with E-state index in [4.69, 9.17) is 0 Å². The first kappa shape index (κ1) is 16.6. The number of nitrogens with one attached hydrogen (secondary N) is 1. The molecular formula is C18H22FN3O2. The molecule has 2 aromatic rings. The molecule has 2 atom stereocenters. The van der Waals surface area contributed by atoms with Gasteiger partial charge in [0, 0.05) is 6.20 Å². The van der Waals surface area contributed by atoms with E-state index in [2.05, 4.69) is 10.4 Å². The molecule has 1 aliphatic rings. The van der Waals surface area contributed by atoms with Crippen molar-refractivity contribution in [3.63, 3.8) is 0 Å². The van der Waals surface area contributed by atoms with Crippen molar-refractivity contribution in [2.24, 2.45) is 0 Å². The van der Waals surface area contributed by atoms with Crippen LogP contribution in [-0.2, 0) is 0 Å². The lowest BCUT2D eigenvalue weighted by Gasteiger charge is -2.20. The SMILES string of the molecule is CC(NC(=O)c1ccn(C2CCCC2)n1)C(O)c1ccc(F)cc1. The highest BCUT2D eigenvalue weighted by molar-refractivity contribution is 5.92. The third-order valence-corrected chi connectivity index (χ3v) is 4.58. The molecule has 24 heavy (non-hydrogen) atoms. The number of aromatic nitrogens is 2. The van der Waals surface area contributed by atoms with E-state index in [1.807, 2.05) is 10.9 Å². The number of halogens is 1. The topological polar surface area (TPSA) is 67.2 Å². The lowest BCUT2D eigenvalue weighted by Crippen LogP contribution is -2.37. The molecule has 1 aromatic carbocycles. The average Bonchev–Trinajstić information content (AvgIpc) is 3.26. The van der Waals surface area contributed by atoms with Gasteiger partial charge in [-0.25, -0.2) is 4.39 Å². The lowest BCUT2D eigenvalue weighted by atomic mass is 10.0. The van der Waals surface area contributed by atoms with Crippen LogP contribution in [0.15, 0.2) is 36.5 Å². The van der Waals surface area contributed by atoms with Gasteiger partial charge in [0.05, 0.1) is 18.2 Å². The molecule has 6 heteroatoms. The van der Waals surface area contributed by atoms with Gasteiger partial charge in [0.15, 0.2) is 0 Å². The molecule has 1 saturated carbocycles. The maximum absolute atomic E-state index is 13.0. The molecule has 0 spiro atoms. The third-order valence-electron chi connectivity index (χ3n) is 4.58. The number of aliphatic hydroxyl groups is 1. The van der Waals surface area contributed by atoms with Gasteiger partial charge in [0.25, 0.3) is 5.91 Å². The van der Waals surface area contributed by atoms with E-state index in [0.29, 0.717) is 17.3 Å². The Morgan fingerprint density at radius 2 is 1.96 bits per heavy atom. The van der Waals surface area contributed by atoms with Crippen molar-refractivity contribution in [1.29, 1.82) is 0 Å². The van der Waals surface area contributed by atoms with E-state index in [0.717, 1.165) is 12.8 Å². The number of benzene rings is 1. The Kier molecular flexibility index (Phi) is 4.94. The Morgan fingerprint density at radius 3 is 2.62 bits per heavy atom. The van der Waals surface area contributed by atoms with E-state index in [-0.39, 0.29) is 11.7 Å². The number of carbonyl (C=O) groups excluding carboxylic acids is 1. The number of hydrogen-bond donors (Lipinski definition) is 2. The standard InChI is InChI=1S/C18H22FN3O2/c1-12(17(23)13-6-8-14(19)9-7-13)20-18(24)16-10-11-22(21-16)15-4-2-3-5-15/h6-12,15,17,23H,2-5H2,1H3,(H,20,24). The van der Waals surface area contributed by atoms with E-state index in [9.17, 15) is 14.3 Å². The summed E-state index contributed by atoms with van der Waals surface area (Å²) in [6, 6.07) is 7.17. The fourth-order valence-electron chi connectivity index (χ4n) is 3.14. The maximum atomic E-state index is 13.0. The smallest absolute Gasteiger partial charge is 0.272 e. The zero-order chi connectivity index (χ0) is 17.1. The van der Waals surface area contributed by atoms with Crippen LogP contribution in [0.1, 0.15) is 60.8 Å². The minimum atomic E-state index is -0.911. The molecule has 1 aromatic heterocycles. The molecule has 1 aliphatic carbocycles. The summed E-state index contributed by atoms with van der Waals surface area (Å²) in [7, 11) is 0. The zero-order valence-electron chi connectivity index (χ0n) is 13.7. The summed E-state index contributed by atoms with van der Waals surface area (Å²) in [5.41, 5.74) is 0.903. The first-order valence-electron chi connectivity index (χ1n) is 8.34. The van der Waals surface area contributed by atoms with E-state index < -0.39 is 12.1 Å². The summed E-state index contributed by atoms with van der Waals surface area (Å²) in [5.74, 6) is -0.680. The molecule has 1 heterocycles. The van der Waals surface area contributed by atoms with Crippen LogP contribution < -0.4 is 5.32 Å². The van der Waals surface area contributed by atoms with Gasteiger partial charge in [0.1, 0.15) is 11.5 Å². The highest BCUT2D eigenvalue weighted by atomic mass is 19.1. The van der Waals surface area contributed by atoms with Gasteiger partial charge >= 0.3 is 0 Å². The summed E-state index contributed by atoms with van der Waals surface area (Å²) in [5, 5.41) is 17.4. The van der Waals surface area contributed by atoms with Crippen LogP contribution in [0, 0.1) is 5.82 Å². The fourth-order valence-corrected chi connectivity index (χ4v) is 3.14. The molecule has 2 N–H and O–H groups in total. The Balaban J connectivity index is 1.62. The molecule has 128 valence electrons. The van der Waals surface area contributed by atoms with Gasteiger partial charge in [-0.3, -0.25) is 9.48 Å². The quantitative estimate of drug-likeness (QED) is 0.885. The summed E-state index contributed by atoms with van der Waals surface area (Å²) in [6.07, 6.45) is 5.53. The summed E-state index contributed by atoms with van der Waals surface area (Å²) in [4.78, 5) is 12.3. The molecule has 1 fully saturated rings. The maximum Gasteiger partial charge on any atom is 0.272 e. The second kappa shape index (κ2) is 7.13. The van der Waals surface area contributed by atoms with Gasteiger partial charge in [0.2, 0.25) is 0 Å². The normalized spacial score (nSPS) is 17.6. The lowest BCUT2D eigenvalue weighted by molar-refractivity contribution is 0.0846. The first-order valence-corrected chi connectivity index (χ1v) is 8.34. The van der Waals surface area contributed by atoms with Crippen LogP contribution in [0.4, 0.5) is 4.39 Å². The number of carbonyl (C=O) groups is 1. The summed E-state index contributed by atoms with van der Waals surface area (Å²) in [6.45, 7) is 1.71. The van der Waals surface area contributed by atoms with Gasteiger partial charge in [-0.2, -0.15) is 5.10 Å². The van der Waals surface area contributed by atoms with Crippen molar-refractivity contribution in [2.75, 3.05) is 0 Å². The second-order valence-corrected chi connectivity index (χ2v) is 6.38. The molecule has 0 saturated heterocycles. The third kappa shape index (κ3) is 3.64. The van der Waals surface area contributed by atoms with Crippen LogP contribution in [0.25, 0.3) is 0 Å². The second-order valence-electron chi connectivity index (χ2n) is 6.38. The van der Waals surface area contributed by atoms with Crippen molar-refractivity contribution < 1.29 is 14.3 Å². The first-order chi connectivity index (χ1) is 11.5. The Morgan fingerprint density at radius 1 is 1.29 bits per heavy atom. The predicted octanol–water partition coefficient (Wildman–Crippen LogP) is 2.99. The number of rotatable bonds is 5. The van der Waals surface area contributed by atoms with Gasteiger partial charge in [-0.05, 0) is 43.5 Å². The largest absolute Gasteiger partial charge is 0.386 e. The van der Waals surface area contributed by atoms with Crippen molar-refractivity contribution in [3.05, 3.63) is 53.6 Å². The number of amides is 1. The van der Waals surface area contributed by atoms with Crippen LogP contribution >= 0.6 is 0 Å². The molecule has 3 rings (SSSR count). The molecule has 0 bridgehead atoms. The van der Waals surface area contributed by atoms with Crippen molar-refractivity contribution >= 4 is 5.91 Å². The van der Waals surface area contributed by atoms with Gasteiger partial charge in [-0.1, -0.05) is 25.0 Å². The minimum Gasteiger partial charge on any atom is -0.386 e. The minimum absolute atomic E-state index is 0.319. The van der Waals surface area contributed by atoms with Crippen LogP contribution in [0.5, 0.6) is 0 Å². The fraction of sp³-hybridized carbons (Fsp3) is 0.444. The Bertz CT molecular complexity index is 693. The predicted molar refractivity (Wildman–Crippen MR) is 88.0 cm³/mol. The molecule has 1 amide bonds. The summed E-state index contributed by atoms with van der Waals surface area (Å²) < 4.78 is 14.8. The van der Waals surface area contributed by atoms with Crippen molar-refractivity contribution in [2.45, 2.75) is 50.8 Å². The van der Waals surface area contributed by atoms with E-state index >= 15 is 0 Å². The number of nitrogens with zero attached hydrogens (tertiary/aromatic N) is 2. The highest BCUT2D eigenvalue weighted by Gasteiger charge is 2.22. The molecule has 2 unspecified atom stereocenters.